The third kappa shape index (κ3) is 2.35. The molecule has 1 aliphatic rings. The number of nitrogens with zero attached hydrogens (tertiary/aromatic N) is 4. The van der Waals surface area contributed by atoms with Gasteiger partial charge in [-0.25, -0.2) is 9.97 Å². The van der Waals surface area contributed by atoms with Gasteiger partial charge in [0, 0.05) is 24.8 Å². The van der Waals surface area contributed by atoms with E-state index in [1.54, 1.807) is 6.33 Å². The summed E-state index contributed by atoms with van der Waals surface area (Å²) in [6.07, 6.45) is 4.94. The first-order valence-corrected chi connectivity index (χ1v) is 6.81. The Morgan fingerprint density at radius 1 is 1.30 bits per heavy atom. The van der Waals surface area contributed by atoms with Gasteiger partial charge in [-0.15, -0.1) is 0 Å². The van der Waals surface area contributed by atoms with Crippen LogP contribution in [0.15, 0.2) is 30.6 Å². The third-order valence-corrected chi connectivity index (χ3v) is 3.69. The quantitative estimate of drug-likeness (QED) is 0.854. The van der Waals surface area contributed by atoms with Crippen molar-refractivity contribution in [1.29, 1.82) is 5.26 Å². The van der Waals surface area contributed by atoms with E-state index in [1.165, 1.54) is 17.7 Å². The molecule has 0 N–H and O–H groups in total. The highest BCUT2D eigenvalue weighted by molar-refractivity contribution is 5.50. The minimum atomic E-state index is 0.698. The number of aromatic nitrogens is 2. The maximum absolute atomic E-state index is 8.96. The molecule has 1 aliphatic carbocycles. The smallest absolute Gasteiger partial charge is 0.135 e. The zero-order valence-electron chi connectivity index (χ0n) is 11.5. The van der Waals surface area contributed by atoms with Gasteiger partial charge < -0.3 is 4.90 Å². The van der Waals surface area contributed by atoms with Crippen LogP contribution >= 0.6 is 0 Å². The monoisotopic (exact) mass is 264 g/mol. The van der Waals surface area contributed by atoms with Crippen molar-refractivity contribution in [3.63, 3.8) is 0 Å². The van der Waals surface area contributed by atoms with E-state index in [2.05, 4.69) is 20.9 Å². The van der Waals surface area contributed by atoms with Crippen LogP contribution in [0.1, 0.15) is 28.8 Å². The molecule has 1 aromatic carbocycles. The van der Waals surface area contributed by atoms with Crippen molar-refractivity contribution in [2.45, 2.75) is 25.8 Å². The average Bonchev–Trinajstić information content (AvgIpc) is 2.95. The first-order valence-electron chi connectivity index (χ1n) is 6.81. The van der Waals surface area contributed by atoms with E-state index in [0.717, 1.165) is 30.8 Å². The normalized spacial score (nSPS) is 12.8. The summed E-state index contributed by atoms with van der Waals surface area (Å²) in [7, 11) is 2.04. The molecule has 3 rings (SSSR count). The Labute approximate surface area is 118 Å². The fourth-order valence-electron chi connectivity index (χ4n) is 2.76. The number of hydrogen-bond donors (Lipinski definition) is 0. The van der Waals surface area contributed by atoms with Gasteiger partial charge in [0.2, 0.25) is 0 Å². The van der Waals surface area contributed by atoms with Crippen LogP contribution in [0.3, 0.4) is 0 Å². The van der Waals surface area contributed by atoms with Crippen LogP contribution in [-0.2, 0) is 19.4 Å². The largest absolute Gasteiger partial charge is 0.355 e. The molecule has 0 spiro atoms. The van der Waals surface area contributed by atoms with E-state index < -0.39 is 0 Å². The fourth-order valence-corrected chi connectivity index (χ4v) is 2.76. The van der Waals surface area contributed by atoms with Crippen LogP contribution in [0.2, 0.25) is 0 Å². The SMILES string of the molecule is CN(Cc1cccc(C#N)c1)c1ncnc2c1CCC2. The summed E-state index contributed by atoms with van der Waals surface area (Å²) in [4.78, 5) is 10.9. The van der Waals surface area contributed by atoms with Gasteiger partial charge in [-0.1, -0.05) is 12.1 Å². The number of aryl methyl sites for hydroxylation is 1. The maximum atomic E-state index is 8.96. The van der Waals surface area contributed by atoms with Gasteiger partial charge in [0.25, 0.3) is 0 Å². The third-order valence-electron chi connectivity index (χ3n) is 3.69. The van der Waals surface area contributed by atoms with E-state index >= 15 is 0 Å². The van der Waals surface area contributed by atoms with Crippen LogP contribution in [0.25, 0.3) is 0 Å². The van der Waals surface area contributed by atoms with E-state index in [4.69, 9.17) is 5.26 Å². The van der Waals surface area contributed by atoms with Gasteiger partial charge in [-0.2, -0.15) is 5.26 Å². The topological polar surface area (TPSA) is 52.8 Å². The molecule has 0 saturated heterocycles. The molecular weight excluding hydrogens is 248 g/mol. The number of benzene rings is 1. The lowest BCUT2D eigenvalue weighted by atomic mass is 10.1. The van der Waals surface area contributed by atoms with Crippen molar-refractivity contribution in [2.24, 2.45) is 0 Å². The minimum Gasteiger partial charge on any atom is -0.355 e. The Kier molecular flexibility index (Phi) is 3.34. The molecule has 1 heterocycles. The molecule has 0 bridgehead atoms. The lowest BCUT2D eigenvalue weighted by Gasteiger charge is -2.20. The van der Waals surface area contributed by atoms with Crippen molar-refractivity contribution in [1.82, 2.24) is 9.97 Å². The van der Waals surface area contributed by atoms with Gasteiger partial charge in [-0.05, 0) is 37.0 Å². The van der Waals surface area contributed by atoms with Crippen LogP contribution in [-0.4, -0.2) is 17.0 Å². The summed E-state index contributed by atoms with van der Waals surface area (Å²) >= 11 is 0. The minimum absolute atomic E-state index is 0.698. The fraction of sp³-hybridized carbons (Fsp3) is 0.312. The molecule has 0 unspecified atom stereocenters. The average molecular weight is 264 g/mol. The van der Waals surface area contributed by atoms with Gasteiger partial charge >= 0.3 is 0 Å². The second kappa shape index (κ2) is 5.30. The van der Waals surface area contributed by atoms with Crippen LogP contribution < -0.4 is 4.90 Å². The van der Waals surface area contributed by atoms with E-state index in [0.29, 0.717) is 5.56 Å². The van der Waals surface area contributed by atoms with Crippen LogP contribution in [0.5, 0.6) is 0 Å². The molecule has 4 heteroatoms. The number of rotatable bonds is 3. The van der Waals surface area contributed by atoms with Crippen LogP contribution in [0, 0.1) is 11.3 Å². The molecule has 4 nitrogen and oxygen atoms in total. The zero-order chi connectivity index (χ0) is 13.9. The van der Waals surface area contributed by atoms with Crippen molar-refractivity contribution >= 4 is 5.82 Å². The molecule has 0 saturated carbocycles. The second-order valence-corrected chi connectivity index (χ2v) is 5.14. The van der Waals surface area contributed by atoms with Gasteiger partial charge in [0.05, 0.1) is 11.6 Å². The second-order valence-electron chi connectivity index (χ2n) is 5.14. The molecule has 100 valence electrons. The number of hydrogen-bond acceptors (Lipinski definition) is 4. The summed E-state index contributed by atoms with van der Waals surface area (Å²) < 4.78 is 0. The molecule has 2 aromatic rings. The molecular formula is C16H16N4. The predicted molar refractivity (Wildman–Crippen MR) is 77.3 cm³/mol. The molecule has 0 amide bonds. The lowest BCUT2D eigenvalue weighted by molar-refractivity contribution is 0.870. The van der Waals surface area contributed by atoms with Gasteiger partial charge in [-0.3, -0.25) is 0 Å². The Hall–Kier alpha value is -2.41. The van der Waals surface area contributed by atoms with E-state index in [-0.39, 0.29) is 0 Å². The highest BCUT2D eigenvalue weighted by Gasteiger charge is 2.19. The summed E-state index contributed by atoms with van der Waals surface area (Å²) in [5.74, 6) is 1.02. The number of nitriles is 1. The van der Waals surface area contributed by atoms with E-state index in [9.17, 15) is 0 Å². The molecule has 0 fully saturated rings. The molecule has 1 aromatic heterocycles. The Morgan fingerprint density at radius 2 is 2.20 bits per heavy atom. The standard InChI is InChI=1S/C16H16N4/c1-20(10-13-5-2-4-12(8-13)9-17)16-14-6-3-7-15(14)18-11-19-16/h2,4-5,8,11H,3,6-7,10H2,1H3. The molecule has 0 radical (unpaired) electrons. The first-order chi connectivity index (χ1) is 9.78. The predicted octanol–water partition coefficient (Wildman–Crippen LogP) is 2.47. The molecule has 0 aliphatic heterocycles. The highest BCUT2D eigenvalue weighted by Crippen LogP contribution is 2.27. The summed E-state index contributed by atoms with van der Waals surface area (Å²) in [5.41, 5.74) is 4.29. The Balaban J connectivity index is 1.85. The van der Waals surface area contributed by atoms with E-state index in [1.807, 2.05) is 31.3 Å². The van der Waals surface area contributed by atoms with Crippen molar-refractivity contribution < 1.29 is 0 Å². The number of fused-ring (bicyclic) bond motifs is 1. The maximum Gasteiger partial charge on any atom is 0.135 e. The first kappa shape index (κ1) is 12.6. The Morgan fingerprint density at radius 3 is 3.05 bits per heavy atom. The molecule has 20 heavy (non-hydrogen) atoms. The van der Waals surface area contributed by atoms with Gasteiger partial charge in [0.15, 0.2) is 0 Å². The van der Waals surface area contributed by atoms with Crippen molar-refractivity contribution in [3.8, 4) is 6.07 Å². The van der Waals surface area contributed by atoms with Crippen molar-refractivity contribution in [2.75, 3.05) is 11.9 Å². The molecule has 0 atom stereocenters. The highest BCUT2D eigenvalue weighted by atomic mass is 15.2. The zero-order valence-corrected chi connectivity index (χ0v) is 11.5. The van der Waals surface area contributed by atoms with Crippen molar-refractivity contribution in [3.05, 3.63) is 53.0 Å². The lowest BCUT2D eigenvalue weighted by Crippen LogP contribution is -2.19. The summed E-state index contributed by atoms with van der Waals surface area (Å²) in [6, 6.07) is 9.89. The summed E-state index contributed by atoms with van der Waals surface area (Å²) in [6.45, 7) is 0.749. The summed E-state index contributed by atoms with van der Waals surface area (Å²) in [5, 5.41) is 8.96. The Bertz CT molecular complexity index is 672. The number of anilines is 1. The van der Waals surface area contributed by atoms with Crippen LogP contribution in [0.4, 0.5) is 5.82 Å². The van der Waals surface area contributed by atoms with Gasteiger partial charge in [0.1, 0.15) is 12.1 Å².